The topological polar surface area (TPSA) is 43.8 Å². The quantitative estimate of drug-likeness (QED) is 0.914. The van der Waals surface area contributed by atoms with Gasteiger partial charge in [0, 0.05) is 11.7 Å². The van der Waals surface area contributed by atoms with E-state index in [0.717, 1.165) is 17.8 Å². The van der Waals surface area contributed by atoms with Crippen LogP contribution in [0.1, 0.15) is 25.1 Å². The van der Waals surface area contributed by atoms with Gasteiger partial charge in [0.05, 0.1) is 23.2 Å². The summed E-state index contributed by atoms with van der Waals surface area (Å²) in [4.78, 5) is 4.07. The standard InChI is InChI=1S/C12H13ClFN3/c1-2-11(15)12-6-16-7-17(12)8-3-4-10(14)9(13)5-8/h3-7,11H,2,15H2,1H3/t11-/m1/s1. The minimum absolute atomic E-state index is 0.0900. The van der Waals surface area contributed by atoms with E-state index in [4.69, 9.17) is 17.3 Å². The van der Waals surface area contributed by atoms with Crippen molar-refractivity contribution in [2.24, 2.45) is 5.73 Å². The van der Waals surface area contributed by atoms with Gasteiger partial charge < -0.3 is 10.3 Å². The number of hydrogen-bond donors (Lipinski definition) is 1. The Bertz CT molecular complexity index is 524. The number of imidazole rings is 1. The van der Waals surface area contributed by atoms with Gasteiger partial charge >= 0.3 is 0 Å². The van der Waals surface area contributed by atoms with Crippen molar-refractivity contribution < 1.29 is 4.39 Å². The van der Waals surface area contributed by atoms with E-state index in [2.05, 4.69) is 4.98 Å². The molecule has 0 bridgehead atoms. The molecule has 17 heavy (non-hydrogen) atoms. The molecule has 2 rings (SSSR count). The fraction of sp³-hybridized carbons (Fsp3) is 0.250. The van der Waals surface area contributed by atoms with Crippen LogP contribution in [0.25, 0.3) is 5.69 Å². The van der Waals surface area contributed by atoms with Crippen molar-refractivity contribution in [2.45, 2.75) is 19.4 Å². The molecule has 0 amide bonds. The van der Waals surface area contributed by atoms with Gasteiger partial charge in [-0.3, -0.25) is 0 Å². The highest BCUT2D eigenvalue weighted by Gasteiger charge is 2.11. The molecule has 0 saturated carbocycles. The lowest BCUT2D eigenvalue weighted by Gasteiger charge is -2.13. The van der Waals surface area contributed by atoms with Crippen LogP contribution in [0.5, 0.6) is 0 Å². The molecule has 0 aliphatic heterocycles. The number of benzene rings is 1. The highest BCUT2D eigenvalue weighted by atomic mass is 35.5. The van der Waals surface area contributed by atoms with Gasteiger partial charge in [-0.05, 0) is 24.6 Å². The zero-order valence-electron chi connectivity index (χ0n) is 9.40. The maximum atomic E-state index is 13.1. The van der Waals surface area contributed by atoms with Crippen molar-refractivity contribution in [3.8, 4) is 5.69 Å². The van der Waals surface area contributed by atoms with Gasteiger partial charge in [-0.1, -0.05) is 18.5 Å². The average Bonchev–Trinajstić information content (AvgIpc) is 2.80. The number of rotatable bonds is 3. The Kier molecular flexibility index (Phi) is 3.45. The van der Waals surface area contributed by atoms with Gasteiger partial charge in [-0.2, -0.15) is 0 Å². The molecule has 1 aromatic heterocycles. The first-order valence-electron chi connectivity index (χ1n) is 5.36. The molecule has 90 valence electrons. The zero-order chi connectivity index (χ0) is 12.4. The maximum Gasteiger partial charge on any atom is 0.141 e. The fourth-order valence-electron chi connectivity index (χ4n) is 1.64. The molecule has 0 aliphatic carbocycles. The predicted octanol–water partition coefficient (Wildman–Crippen LogP) is 3.07. The van der Waals surface area contributed by atoms with E-state index >= 15 is 0 Å². The monoisotopic (exact) mass is 253 g/mol. The Labute approximate surface area is 104 Å². The van der Waals surface area contributed by atoms with Crippen molar-refractivity contribution in [3.05, 3.63) is 47.3 Å². The molecule has 0 spiro atoms. The van der Waals surface area contributed by atoms with E-state index < -0.39 is 5.82 Å². The van der Waals surface area contributed by atoms with Gasteiger partial charge in [0.1, 0.15) is 5.82 Å². The molecule has 0 fully saturated rings. The summed E-state index contributed by atoms with van der Waals surface area (Å²) < 4.78 is 14.9. The first-order valence-corrected chi connectivity index (χ1v) is 5.74. The fourth-order valence-corrected chi connectivity index (χ4v) is 1.81. The lowest BCUT2D eigenvalue weighted by atomic mass is 10.2. The average molecular weight is 254 g/mol. The van der Waals surface area contributed by atoms with E-state index in [-0.39, 0.29) is 11.1 Å². The zero-order valence-corrected chi connectivity index (χ0v) is 10.2. The third-order valence-corrected chi connectivity index (χ3v) is 2.96. The third kappa shape index (κ3) is 2.33. The van der Waals surface area contributed by atoms with Gasteiger partial charge in [0.25, 0.3) is 0 Å². The second kappa shape index (κ2) is 4.85. The molecule has 0 unspecified atom stereocenters. The summed E-state index contributed by atoms with van der Waals surface area (Å²) in [6, 6.07) is 4.44. The third-order valence-electron chi connectivity index (χ3n) is 2.67. The minimum Gasteiger partial charge on any atom is -0.323 e. The SMILES string of the molecule is CC[C@@H](N)c1cncn1-c1ccc(F)c(Cl)c1. The summed E-state index contributed by atoms with van der Waals surface area (Å²) in [7, 11) is 0. The van der Waals surface area contributed by atoms with Crippen molar-refractivity contribution in [2.75, 3.05) is 0 Å². The minimum atomic E-state index is -0.433. The van der Waals surface area contributed by atoms with Crippen LogP contribution in [-0.2, 0) is 0 Å². The van der Waals surface area contributed by atoms with Crippen LogP contribution < -0.4 is 5.73 Å². The van der Waals surface area contributed by atoms with E-state index in [1.165, 1.54) is 6.07 Å². The Hall–Kier alpha value is -1.39. The summed E-state index contributed by atoms with van der Waals surface area (Å²) in [6.07, 6.45) is 4.17. The first kappa shape index (κ1) is 12.1. The van der Waals surface area contributed by atoms with Crippen LogP contribution in [0.4, 0.5) is 4.39 Å². The molecular formula is C12H13ClFN3. The Morgan fingerprint density at radius 3 is 2.94 bits per heavy atom. The van der Waals surface area contributed by atoms with Crippen LogP contribution in [-0.4, -0.2) is 9.55 Å². The summed E-state index contributed by atoms with van der Waals surface area (Å²) in [5, 5.41) is 0.0900. The largest absolute Gasteiger partial charge is 0.323 e. The van der Waals surface area contributed by atoms with Crippen molar-refractivity contribution in [3.63, 3.8) is 0 Å². The summed E-state index contributed by atoms with van der Waals surface area (Å²) in [6.45, 7) is 2.00. The lowest BCUT2D eigenvalue weighted by molar-refractivity contribution is 0.626. The normalized spacial score (nSPS) is 12.7. The van der Waals surface area contributed by atoms with Crippen LogP contribution in [0.15, 0.2) is 30.7 Å². The molecule has 1 atom stereocenters. The van der Waals surface area contributed by atoms with Crippen molar-refractivity contribution in [1.82, 2.24) is 9.55 Å². The second-order valence-electron chi connectivity index (χ2n) is 3.80. The number of halogens is 2. The van der Waals surface area contributed by atoms with Gasteiger partial charge in [-0.25, -0.2) is 9.37 Å². The molecule has 2 N–H and O–H groups in total. The molecule has 3 nitrogen and oxygen atoms in total. The molecular weight excluding hydrogens is 241 g/mol. The Morgan fingerprint density at radius 2 is 2.29 bits per heavy atom. The van der Waals surface area contributed by atoms with Gasteiger partial charge in [-0.15, -0.1) is 0 Å². The van der Waals surface area contributed by atoms with E-state index in [9.17, 15) is 4.39 Å². The number of nitrogens with two attached hydrogens (primary N) is 1. The number of aromatic nitrogens is 2. The highest BCUT2D eigenvalue weighted by Crippen LogP contribution is 2.22. The molecule has 0 saturated heterocycles. The second-order valence-corrected chi connectivity index (χ2v) is 4.21. The first-order chi connectivity index (χ1) is 8.13. The van der Waals surface area contributed by atoms with Crippen LogP contribution in [0.2, 0.25) is 5.02 Å². The Morgan fingerprint density at radius 1 is 1.53 bits per heavy atom. The molecule has 2 aromatic rings. The van der Waals surface area contributed by atoms with Crippen LogP contribution >= 0.6 is 11.6 Å². The van der Waals surface area contributed by atoms with Gasteiger partial charge in [0.15, 0.2) is 0 Å². The van der Waals surface area contributed by atoms with E-state index in [1.807, 2.05) is 11.5 Å². The summed E-state index contributed by atoms with van der Waals surface area (Å²) in [5.74, 6) is -0.433. The van der Waals surface area contributed by atoms with Crippen LogP contribution in [0, 0.1) is 5.82 Å². The predicted molar refractivity (Wildman–Crippen MR) is 65.8 cm³/mol. The van der Waals surface area contributed by atoms with E-state index in [1.54, 1.807) is 24.7 Å². The van der Waals surface area contributed by atoms with E-state index in [0.29, 0.717) is 0 Å². The molecule has 1 aromatic carbocycles. The number of hydrogen-bond acceptors (Lipinski definition) is 2. The maximum absolute atomic E-state index is 13.1. The smallest absolute Gasteiger partial charge is 0.141 e. The van der Waals surface area contributed by atoms with Crippen molar-refractivity contribution in [1.29, 1.82) is 0 Å². The molecule has 0 aliphatic rings. The summed E-state index contributed by atoms with van der Waals surface area (Å²) in [5.41, 5.74) is 7.62. The van der Waals surface area contributed by atoms with Crippen LogP contribution in [0.3, 0.4) is 0 Å². The Balaban J connectivity index is 2.46. The molecule has 0 radical (unpaired) electrons. The highest BCUT2D eigenvalue weighted by molar-refractivity contribution is 6.30. The lowest BCUT2D eigenvalue weighted by Crippen LogP contribution is -2.13. The molecule has 5 heteroatoms. The molecule has 1 heterocycles. The van der Waals surface area contributed by atoms with Crippen molar-refractivity contribution >= 4 is 11.6 Å². The number of nitrogens with zero attached hydrogens (tertiary/aromatic N) is 2. The van der Waals surface area contributed by atoms with Gasteiger partial charge in [0.2, 0.25) is 0 Å². The summed E-state index contributed by atoms with van der Waals surface area (Å²) >= 11 is 5.76.